The molecule has 0 bridgehead atoms. The largest absolute Gasteiger partial charge is 0.368 e. The van der Waals surface area contributed by atoms with Crippen LogP contribution in [0.3, 0.4) is 0 Å². The molecule has 3 aromatic rings. The lowest BCUT2D eigenvalue weighted by molar-refractivity contribution is 0.558. The first kappa shape index (κ1) is 15.5. The molecule has 6 nitrogen and oxygen atoms in total. The Morgan fingerprint density at radius 2 is 2.12 bits per heavy atom. The summed E-state index contributed by atoms with van der Waals surface area (Å²) in [5.74, 6) is -0.413. The van der Waals surface area contributed by atoms with Crippen LogP contribution in [-0.4, -0.2) is 19.7 Å². The van der Waals surface area contributed by atoms with E-state index in [4.69, 9.17) is 5.73 Å². The number of nitrogens with one attached hydrogen (secondary N) is 1. The third kappa shape index (κ3) is 2.90. The van der Waals surface area contributed by atoms with Gasteiger partial charge in [0.1, 0.15) is 17.3 Å². The fraction of sp³-hybridized carbons (Fsp3) is 0.235. The quantitative estimate of drug-likeness (QED) is 0.765. The summed E-state index contributed by atoms with van der Waals surface area (Å²) in [5.41, 5.74) is 7.75. The minimum Gasteiger partial charge on any atom is -0.368 e. The van der Waals surface area contributed by atoms with Crippen molar-refractivity contribution in [1.82, 2.24) is 19.7 Å². The summed E-state index contributed by atoms with van der Waals surface area (Å²) >= 11 is 0. The van der Waals surface area contributed by atoms with E-state index in [1.165, 1.54) is 12.1 Å². The maximum absolute atomic E-state index is 14.1. The highest BCUT2D eigenvalue weighted by Crippen LogP contribution is 2.33. The summed E-state index contributed by atoms with van der Waals surface area (Å²) in [6, 6.07) is 5.24. The number of nitrogens with zero attached hydrogens (tertiary/aromatic N) is 4. The molecule has 4 rings (SSSR count). The van der Waals surface area contributed by atoms with Crippen molar-refractivity contribution in [2.45, 2.75) is 25.3 Å². The number of anilines is 2. The summed E-state index contributed by atoms with van der Waals surface area (Å²) in [7, 11) is 0. The molecule has 0 saturated heterocycles. The zero-order valence-electron chi connectivity index (χ0n) is 13.3. The molecule has 0 saturated carbocycles. The van der Waals surface area contributed by atoms with E-state index in [0.717, 1.165) is 36.6 Å². The van der Waals surface area contributed by atoms with Crippen molar-refractivity contribution >= 4 is 11.8 Å². The van der Waals surface area contributed by atoms with Crippen LogP contribution < -0.4 is 11.1 Å². The second kappa shape index (κ2) is 6.12. The number of rotatable bonds is 3. The molecule has 3 N–H and O–H groups in total. The lowest BCUT2D eigenvalue weighted by Gasteiger charge is -2.24. The molecule has 0 radical (unpaired) electrons. The van der Waals surface area contributed by atoms with Crippen molar-refractivity contribution in [3.8, 4) is 5.69 Å². The van der Waals surface area contributed by atoms with Gasteiger partial charge < -0.3 is 11.1 Å². The van der Waals surface area contributed by atoms with Crippen LogP contribution in [0, 0.1) is 11.6 Å². The summed E-state index contributed by atoms with van der Waals surface area (Å²) in [6.45, 7) is 0. The molecule has 1 aliphatic rings. The van der Waals surface area contributed by atoms with Crippen molar-refractivity contribution in [1.29, 1.82) is 0 Å². The number of benzene rings is 1. The zero-order valence-corrected chi connectivity index (χ0v) is 13.3. The number of hydrogen-bond acceptors (Lipinski definition) is 5. The molecule has 25 heavy (non-hydrogen) atoms. The number of nitrogen functional groups attached to an aromatic ring is 1. The SMILES string of the molecule is Nc1nccc(N[C@H]2CCCc3c2cnn3-c2ccc(F)cc2F)n1. The minimum atomic E-state index is -0.635. The number of hydrogen-bond donors (Lipinski definition) is 2. The van der Waals surface area contributed by atoms with Crippen LogP contribution in [-0.2, 0) is 6.42 Å². The van der Waals surface area contributed by atoms with Crippen LogP contribution in [0.2, 0.25) is 0 Å². The number of aromatic nitrogens is 4. The second-order valence-corrected chi connectivity index (χ2v) is 5.94. The molecule has 8 heteroatoms. The van der Waals surface area contributed by atoms with Crippen LogP contribution in [0.25, 0.3) is 5.69 Å². The van der Waals surface area contributed by atoms with Gasteiger partial charge >= 0.3 is 0 Å². The summed E-state index contributed by atoms with van der Waals surface area (Å²) in [4.78, 5) is 8.03. The zero-order chi connectivity index (χ0) is 17.4. The van der Waals surface area contributed by atoms with Crippen molar-refractivity contribution in [2.75, 3.05) is 11.1 Å². The Morgan fingerprint density at radius 1 is 1.24 bits per heavy atom. The maximum atomic E-state index is 14.1. The normalized spacial score (nSPS) is 16.5. The first-order valence-electron chi connectivity index (χ1n) is 7.99. The monoisotopic (exact) mass is 342 g/mol. The van der Waals surface area contributed by atoms with E-state index in [1.807, 2.05) is 0 Å². The van der Waals surface area contributed by atoms with Gasteiger partial charge in [-0.05, 0) is 37.5 Å². The third-order valence-electron chi connectivity index (χ3n) is 4.32. The van der Waals surface area contributed by atoms with E-state index in [2.05, 4.69) is 20.4 Å². The Hall–Kier alpha value is -3.03. The molecule has 0 spiro atoms. The van der Waals surface area contributed by atoms with Gasteiger partial charge in [-0.3, -0.25) is 0 Å². The first-order valence-corrected chi connectivity index (χ1v) is 7.99. The minimum absolute atomic E-state index is 0.00434. The molecule has 1 aliphatic carbocycles. The Morgan fingerprint density at radius 3 is 2.92 bits per heavy atom. The van der Waals surface area contributed by atoms with E-state index in [9.17, 15) is 8.78 Å². The smallest absolute Gasteiger partial charge is 0.221 e. The van der Waals surface area contributed by atoms with Gasteiger partial charge in [0.2, 0.25) is 5.95 Å². The fourth-order valence-corrected chi connectivity index (χ4v) is 3.20. The van der Waals surface area contributed by atoms with Gasteiger partial charge in [0, 0.05) is 23.5 Å². The predicted octanol–water partition coefficient (Wildman–Crippen LogP) is 3.01. The van der Waals surface area contributed by atoms with Gasteiger partial charge in [0.05, 0.1) is 12.2 Å². The molecule has 0 fully saturated rings. The lowest BCUT2D eigenvalue weighted by Crippen LogP contribution is -2.19. The van der Waals surface area contributed by atoms with E-state index in [-0.39, 0.29) is 17.7 Å². The van der Waals surface area contributed by atoms with Gasteiger partial charge in [-0.25, -0.2) is 18.4 Å². The van der Waals surface area contributed by atoms with E-state index >= 15 is 0 Å². The fourth-order valence-electron chi connectivity index (χ4n) is 3.20. The molecule has 2 aromatic heterocycles. The van der Waals surface area contributed by atoms with E-state index in [0.29, 0.717) is 5.82 Å². The van der Waals surface area contributed by atoms with Gasteiger partial charge in [-0.15, -0.1) is 0 Å². The van der Waals surface area contributed by atoms with Crippen LogP contribution in [0.5, 0.6) is 0 Å². The molecule has 1 aromatic carbocycles. The van der Waals surface area contributed by atoms with Crippen molar-refractivity contribution in [3.63, 3.8) is 0 Å². The van der Waals surface area contributed by atoms with Crippen LogP contribution in [0.1, 0.15) is 30.1 Å². The second-order valence-electron chi connectivity index (χ2n) is 5.94. The van der Waals surface area contributed by atoms with Crippen LogP contribution >= 0.6 is 0 Å². The highest BCUT2D eigenvalue weighted by molar-refractivity contribution is 5.44. The average molecular weight is 342 g/mol. The highest BCUT2D eigenvalue weighted by Gasteiger charge is 2.26. The molecule has 1 atom stereocenters. The van der Waals surface area contributed by atoms with Crippen molar-refractivity contribution < 1.29 is 8.78 Å². The topological polar surface area (TPSA) is 81.6 Å². The molecule has 0 unspecified atom stereocenters. The highest BCUT2D eigenvalue weighted by atomic mass is 19.1. The van der Waals surface area contributed by atoms with E-state index in [1.54, 1.807) is 23.1 Å². The Bertz CT molecular complexity index is 923. The van der Waals surface area contributed by atoms with Gasteiger partial charge in [-0.1, -0.05) is 0 Å². The predicted molar refractivity (Wildman–Crippen MR) is 89.2 cm³/mol. The van der Waals surface area contributed by atoms with Crippen LogP contribution in [0.15, 0.2) is 36.7 Å². The molecular weight excluding hydrogens is 326 g/mol. The van der Waals surface area contributed by atoms with Gasteiger partial charge in [-0.2, -0.15) is 10.1 Å². The van der Waals surface area contributed by atoms with Crippen LogP contribution in [0.4, 0.5) is 20.5 Å². The lowest BCUT2D eigenvalue weighted by atomic mass is 9.93. The Labute approximate surface area is 142 Å². The Balaban J connectivity index is 1.68. The first-order chi connectivity index (χ1) is 12.1. The standard InChI is InChI=1S/C17H16F2N6/c18-10-4-5-15(12(19)8-10)25-14-3-1-2-13(11(14)9-22-25)23-16-6-7-21-17(20)24-16/h4-9,13H,1-3H2,(H3,20,21,23,24)/t13-/m0/s1. The summed E-state index contributed by atoms with van der Waals surface area (Å²) < 4.78 is 28.8. The number of fused-ring (bicyclic) bond motifs is 1. The van der Waals surface area contributed by atoms with E-state index < -0.39 is 11.6 Å². The molecule has 128 valence electrons. The molecule has 2 heterocycles. The van der Waals surface area contributed by atoms with Gasteiger partial charge in [0.15, 0.2) is 5.82 Å². The molecule has 0 amide bonds. The maximum Gasteiger partial charge on any atom is 0.221 e. The number of nitrogens with two attached hydrogens (primary N) is 1. The molecule has 0 aliphatic heterocycles. The molecular formula is C17H16F2N6. The van der Waals surface area contributed by atoms with Crippen molar-refractivity contribution in [3.05, 3.63) is 59.6 Å². The number of halogens is 2. The Kier molecular flexibility index (Phi) is 3.79. The van der Waals surface area contributed by atoms with Crippen molar-refractivity contribution in [2.24, 2.45) is 0 Å². The third-order valence-corrected chi connectivity index (χ3v) is 4.32. The summed E-state index contributed by atoms with van der Waals surface area (Å²) in [5, 5.41) is 7.65. The van der Waals surface area contributed by atoms with Gasteiger partial charge in [0.25, 0.3) is 0 Å². The average Bonchev–Trinajstić information content (AvgIpc) is 3.00. The summed E-state index contributed by atoms with van der Waals surface area (Å²) in [6.07, 6.45) is 5.90.